The van der Waals surface area contributed by atoms with Gasteiger partial charge in [-0.05, 0) is 18.4 Å². The first kappa shape index (κ1) is 16.7. The van der Waals surface area contributed by atoms with Crippen molar-refractivity contribution in [2.75, 3.05) is 18.5 Å². The Kier molecular flexibility index (Phi) is 3.96. The molecule has 2 unspecified atom stereocenters. The zero-order valence-corrected chi connectivity index (χ0v) is 14.0. The highest BCUT2D eigenvalue weighted by Gasteiger charge is 2.50. The van der Waals surface area contributed by atoms with Crippen LogP contribution in [0, 0.1) is 23.1 Å². The van der Waals surface area contributed by atoms with Gasteiger partial charge in [0.05, 0.1) is 29.7 Å². The van der Waals surface area contributed by atoms with E-state index in [0.29, 0.717) is 5.82 Å². The minimum absolute atomic E-state index is 0.0988. The van der Waals surface area contributed by atoms with Crippen LogP contribution in [0.5, 0.6) is 5.75 Å². The number of hydrogen-bond donors (Lipinski definition) is 2. The number of piperidine rings is 1. The number of fused-ring (bicyclic) bond motifs is 2. The topological polar surface area (TPSA) is 85.1 Å². The van der Waals surface area contributed by atoms with Gasteiger partial charge in [-0.3, -0.25) is 4.98 Å². The number of aromatic hydroxyl groups is 1. The highest BCUT2D eigenvalue weighted by Crippen LogP contribution is 2.38. The number of nitriles is 1. The molecule has 0 spiro atoms. The van der Waals surface area contributed by atoms with Crippen molar-refractivity contribution in [1.82, 2.24) is 15.3 Å². The maximum Gasteiger partial charge on any atom is 0.147 e. The van der Waals surface area contributed by atoms with E-state index >= 15 is 0 Å². The Bertz CT molecular complexity index is 880. The average molecular weight is 357 g/mol. The standard InChI is InChI=1S/C18H17F2N5O/c1-25(18-10-2-13(17(18)20)22-6-10)16-8-23-14(7-24-16)11-4-12(19)9(5-21)3-15(11)26/h3-4,7-8,10,13,17-18,22,26H,2,6H2,1H3/t10?,13?,17-,18-/m1/s1. The van der Waals surface area contributed by atoms with Gasteiger partial charge in [-0.25, -0.2) is 13.8 Å². The average Bonchev–Trinajstić information content (AvgIpc) is 3.24. The Morgan fingerprint density at radius 2 is 2.15 bits per heavy atom. The summed E-state index contributed by atoms with van der Waals surface area (Å²) in [6, 6.07) is 3.44. The Labute approximate surface area is 149 Å². The van der Waals surface area contributed by atoms with Gasteiger partial charge in [0.2, 0.25) is 0 Å². The number of alkyl halides is 1. The van der Waals surface area contributed by atoms with E-state index in [1.807, 2.05) is 0 Å². The third kappa shape index (κ3) is 2.56. The highest BCUT2D eigenvalue weighted by molar-refractivity contribution is 5.68. The number of aromatic nitrogens is 2. The van der Waals surface area contributed by atoms with Crippen molar-refractivity contribution in [3.8, 4) is 23.1 Å². The molecule has 2 aromatic rings. The molecule has 2 heterocycles. The lowest BCUT2D eigenvalue weighted by atomic mass is 10.0. The molecule has 0 radical (unpaired) electrons. The summed E-state index contributed by atoms with van der Waals surface area (Å²) in [6.45, 7) is 0.796. The molecule has 26 heavy (non-hydrogen) atoms. The molecule has 0 amide bonds. The number of halogens is 2. The van der Waals surface area contributed by atoms with Crippen molar-refractivity contribution in [3.63, 3.8) is 0 Å². The van der Waals surface area contributed by atoms with Crippen molar-refractivity contribution < 1.29 is 13.9 Å². The minimum Gasteiger partial charge on any atom is -0.507 e. The third-order valence-electron chi connectivity index (χ3n) is 5.32. The second-order valence-corrected chi connectivity index (χ2v) is 6.78. The maximum atomic E-state index is 14.5. The lowest BCUT2D eigenvalue weighted by Crippen LogP contribution is -2.51. The van der Waals surface area contributed by atoms with Crippen LogP contribution in [-0.4, -0.2) is 46.9 Å². The molecule has 4 atom stereocenters. The predicted molar refractivity (Wildman–Crippen MR) is 90.8 cm³/mol. The number of phenols is 1. The molecule has 8 heteroatoms. The van der Waals surface area contributed by atoms with Gasteiger partial charge in [0.25, 0.3) is 0 Å². The molecule has 134 valence electrons. The molecular weight excluding hydrogens is 340 g/mol. The molecule has 2 aliphatic rings. The van der Waals surface area contributed by atoms with Gasteiger partial charge in [-0.2, -0.15) is 5.26 Å². The second-order valence-electron chi connectivity index (χ2n) is 6.78. The van der Waals surface area contributed by atoms with E-state index in [1.165, 1.54) is 12.4 Å². The fourth-order valence-electron chi connectivity index (χ4n) is 3.97. The van der Waals surface area contributed by atoms with Crippen LogP contribution in [0.15, 0.2) is 24.5 Å². The number of nitrogens with zero attached hydrogens (tertiary/aromatic N) is 4. The molecule has 1 aliphatic carbocycles. The van der Waals surface area contributed by atoms with E-state index in [4.69, 9.17) is 5.26 Å². The summed E-state index contributed by atoms with van der Waals surface area (Å²) in [5.74, 6) is -0.236. The minimum atomic E-state index is -0.961. The molecule has 6 nitrogen and oxygen atoms in total. The van der Waals surface area contributed by atoms with E-state index in [1.54, 1.807) is 18.0 Å². The van der Waals surface area contributed by atoms with Crippen molar-refractivity contribution >= 4 is 5.82 Å². The number of benzene rings is 1. The Balaban J connectivity index is 1.60. The smallest absolute Gasteiger partial charge is 0.147 e. The zero-order chi connectivity index (χ0) is 18.4. The normalized spacial score (nSPS) is 26.7. The van der Waals surface area contributed by atoms with Crippen molar-refractivity contribution in [1.29, 1.82) is 5.26 Å². The summed E-state index contributed by atoms with van der Waals surface area (Å²) in [6.07, 6.45) is 2.75. The molecule has 4 rings (SSSR count). The van der Waals surface area contributed by atoms with E-state index in [2.05, 4.69) is 15.3 Å². The number of hydrogen-bond acceptors (Lipinski definition) is 6. The molecule has 1 aliphatic heterocycles. The first-order valence-electron chi connectivity index (χ1n) is 8.35. The van der Waals surface area contributed by atoms with Crippen LogP contribution < -0.4 is 10.2 Å². The largest absolute Gasteiger partial charge is 0.507 e. The van der Waals surface area contributed by atoms with E-state index in [9.17, 15) is 13.9 Å². The molecule has 2 fully saturated rings. The van der Waals surface area contributed by atoms with Gasteiger partial charge in [0.1, 0.15) is 29.6 Å². The quantitative estimate of drug-likeness (QED) is 0.874. The lowest BCUT2D eigenvalue weighted by molar-refractivity contribution is 0.220. The fourth-order valence-corrected chi connectivity index (χ4v) is 3.97. The van der Waals surface area contributed by atoms with Crippen molar-refractivity contribution in [2.45, 2.75) is 24.7 Å². The summed E-state index contributed by atoms with van der Waals surface area (Å²) in [7, 11) is 1.79. The highest BCUT2D eigenvalue weighted by atomic mass is 19.1. The van der Waals surface area contributed by atoms with Gasteiger partial charge in [-0.15, -0.1) is 0 Å². The van der Waals surface area contributed by atoms with Crippen LogP contribution in [0.3, 0.4) is 0 Å². The first-order valence-corrected chi connectivity index (χ1v) is 8.35. The number of rotatable bonds is 3. The Hall–Kier alpha value is -2.79. The van der Waals surface area contributed by atoms with Gasteiger partial charge in [-0.1, -0.05) is 0 Å². The van der Waals surface area contributed by atoms with Gasteiger partial charge < -0.3 is 15.3 Å². The predicted octanol–water partition coefficient (Wildman–Crippen LogP) is 1.99. The maximum absolute atomic E-state index is 14.5. The summed E-state index contributed by atoms with van der Waals surface area (Å²) in [4.78, 5) is 10.3. The van der Waals surface area contributed by atoms with Crippen LogP contribution in [0.25, 0.3) is 11.3 Å². The van der Waals surface area contributed by atoms with Crippen LogP contribution in [-0.2, 0) is 0 Å². The monoisotopic (exact) mass is 357 g/mol. The molecule has 1 saturated heterocycles. The van der Waals surface area contributed by atoms with E-state index in [-0.39, 0.29) is 40.6 Å². The first-order chi connectivity index (χ1) is 12.5. The second kappa shape index (κ2) is 6.18. The summed E-state index contributed by atoms with van der Waals surface area (Å²) in [5.41, 5.74) is 0.180. The SMILES string of the molecule is CN(c1cnc(-c2cc(F)c(C#N)cc2O)cn1)[C@@H]1C2CNC(C2)[C@H]1F. The van der Waals surface area contributed by atoms with E-state index < -0.39 is 12.0 Å². The summed E-state index contributed by atoms with van der Waals surface area (Å²) < 4.78 is 28.3. The molecule has 2 bridgehead atoms. The fraction of sp³-hybridized carbons (Fsp3) is 0.389. The van der Waals surface area contributed by atoms with Gasteiger partial charge in [0.15, 0.2) is 0 Å². The van der Waals surface area contributed by atoms with Crippen LogP contribution in [0.1, 0.15) is 12.0 Å². The van der Waals surface area contributed by atoms with Crippen molar-refractivity contribution in [3.05, 3.63) is 35.9 Å². The van der Waals surface area contributed by atoms with E-state index in [0.717, 1.165) is 25.1 Å². The zero-order valence-electron chi connectivity index (χ0n) is 14.0. The van der Waals surface area contributed by atoms with Crippen molar-refractivity contribution in [2.24, 2.45) is 5.92 Å². The van der Waals surface area contributed by atoms with Gasteiger partial charge >= 0.3 is 0 Å². The summed E-state index contributed by atoms with van der Waals surface area (Å²) in [5, 5.41) is 22.0. The number of phenolic OH excluding ortho intramolecular Hbond substituents is 1. The van der Waals surface area contributed by atoms with Crippen LogP contribution in [0.4, 0.5) is 14.6 Å². The molecule has 1 saturated carbocycles. The van der Waals surface area contributed by atoms with Gasteiger partial charge in [0, 0.05) is 31.3 Å². The Morgan fingerprint density at radius 3 is 2.77 bits per heavy atom. The number of anilines is 1. The molecule has 2 N–H and O–H groups in total. The van der Waals surface area contributed by atoms with Crippen LogP contribution in [0.2, 0.25) is 0 Å². The molecule has 1 aromatic carbocycles. The third-order valence-corrected chi connectivity index (χ3v) is 5.32. The molecule has 1 aromatic heterocycles. The number of nitrogens with one attached hydrogen (secondary N) is 1. The molecular formula is C18H17F2N5O. The Morgan fingerprint density at radius 1 is 1.35 bits per heavy atom. The lowest BCUT2D eigenvalue weighted by Gasteiger charge is -2.34. The van der Waals surface area contributed by atoms with Crippen LogP contribution >= 0.6 is 0 Å². The summed E-state index contributed by atoms with van der Waals surface area (Å²) >= 11 is 0.